The molecule has 0 saturated carbocycles. The van der Waals surface area contributed by atoms with Crippen LogP contribution in [0.1, 0.15) is 45.2 Å². The van der Waals surface area contributed by atoms with Crippen molar-refractivity contribution >= 4 is 0 Å². The molecule has 0 saturated heterocycles. The third-order valence-electron chi connectivity index (χ3n) is 4.03. The largest absolute Gasteiger partial charge is 0.493 e. The molecule has 2 aromatic rings. The fraction of sp³-hybridized carbons (Fsp3) is 0.450. The summed E-state index contributed by atoms with van der Waals surface area (Å²) in [6.07, 6.45) is 6.64. The molecular weight excluding hydrogens is 298 g/mol. The minimum atomic E-state index is 0.0470. The first-order valence-corrected chi connectivity index (χ1v) is 8.72. The number of benzene rings is 1. The zero-order valence-corrected chi connectivity index (χ0v) is 14.5. The van der Waals surface area contributed by atoms with E-state index < -0.39 is 0 Å². The molecule has 126 valence electrons. The Bertz CT molecular complexity index is 679. The van der Waals surface area contributed by atoms with Crippen molar-refractivity contribution in [3.63, 3.8) is 0 Å². The second-order valence-electron chi connectivity index (χ2n) is 5.84. The van der Waals surface area contributed by atoms with E-state index in [0.29, 0.717) is 12.4 Å². The van der Waals surface area contributed by atoms with Crippen molar-refractivity contribution in [3.05, 3.63) is 42.2 Å². The van der Waals surface area contributed by atoms with E-state index in [9.17, 15) is 0 Å². The van der Waals surface area contributed by atoms with Gasteiger partial charge >= 0.3 is 0 Å². The number of hydrogen-bond donors (Lipinski definition) is 0. The Kier molecular flexibility index (Phi) is 7.22. The van der Waals surface area contributed by atoms with Crippen molar-refractivity contribution < 1.29 is 4.74 Å². The van der Waals surface area contributed by atoms with E-state index in [1.807, 2.05) is 43.5 Å². The van der Waals surface area contributed by atoms with Crippen LogP contribution >= 0.6 is 0 Å². The van der Waals surface area contributed by atoms with E-state index in [2.05, 4.69) is 23.0 Å². The van der Waals surface area contributed by atoms with Crippen LogP contribution in [0.15, 0.2) is 36.5 Å². The number of rotatable bonds is 9. The molecule has 0 aliphatic heterocycles. The van der Waals surface area contributed by atoms with E-state index in [1.165, 1.54) is 0 Å². The lowest BCUT2D eigenvalue weighted by atomic mass is 10.1. The molecule has 1 aromatic heterocycles. The number of nitriles is 1. The average molecular weight is 323 g/mol. The topological polar surface area (TPSA) is 58.8 Å². The Morgan fingerprint density at radius 1 is 1.21 bits per heavy atom. The highest BCUT2D eigenvalue weighted by Crippen LogP contribution is 2.27. The standard InChI is InChI=1S/C20H25N3O/c1-3-5-8-17-11-13-22-20(23-17)18-9-6-7-10-19(18)24-14-12-16(4-2)15-21/h6-7,9-11,13,16H,3-5,8,12,14H2,1-2H3. The van der Waals surface area contributed by atoms with Crippen LogP contribution in [-0.4, -0.2) is 16.6 Å². The van der Waals surface area contributed by atoms with E-state index in [0.717, 1.165) is 49.1 Å². The number of nitrogens with zero attached hydrogens (tertiary/aromatic N) is 3. The molecular formula is C20H25N3O. The van der Waals surface area contributed by atoms with Crippen LogP contribution in [0.4, 0.5) is 0 Å². The zero-order valence-electron chi connectivity index (χ0n) is 14.5. The lowest BCUT2D eigenvalue weighted by Gasteiger charge is -2.12. The molecule has 0 radical (unpaired) electrons. The number of hydrogen-bond acceptors (Lipinski definition) is 4. The van der Waals surface area contributed by atoms with Gasteiger partial charge in [-0.25, -0.2) is 9.97 Å². The van der Waals surface area contributed by atoms with Crippen LogP contribution in [0, 0.1) is 17.2 Å². The van der Waals surface area contributed by atoms with E-state index in [4.69, 9.17) is 10.00 Å². The normalized spacial score (nSPS) is 11.7. The molecule has 1 unspecified atom stereocenters. The maximum absolute atomic E-state index is 9.03. The first kappa shape index (κ1) is 17.9. The molecule has 0 amide bonds. The van der Waals surface area contributed by atoms with E-state index in [-0.39, 0.29) is 5.92 Å². The first-order chi connectivity index (χ1) is 11.8. The van der Waals surface area contributed by atoms with Gasteiger partial charge in [-0.15, -0.1) is 0 Å². The van der Waals surface area contributed by atoms with Crippen LogP contribution in [0.25, 0.3) is 11.4 Å². The van der Waals surface area contributed by atoms with Crippen molar-refractivity contribution in [1.82, 2.24) is 9.97 Å². The van der Waals surface area contributed by atoms with Gasteiger partial charge in [0.2, 0.25) is 0 Å². The molecule has 2 rings (SSSR count). The van der Waals surface area contributed by atoms with Gasteiger partial charge in [0, 0.05) is 17.8 Å². The van der Waals surface area contributed by atoms with Crippen LogP contribution < -0.4 is 4.74 Å². The summed E-state index contributed by atoms with van der Waals surface area (Å²) in [5.41, 5.74) is 1.97. The molecule has 0 bridgehead atoms. The highest BCUT2D eigenvalue weighted by atomic mass is 16.5. The molecule has 4 nitrogen and oxygen atoms in total. The van der Waals surface area contributed by atoms with Crippen molar-refractivity contribution in [3.8, 4) is 23.2 Å². The van der Waals surface area contributed by atoms with Gasteiger partial charge in [0.05, 0.1) is 18.2 Å². The first-order valence-electron chi connectivity index (χ1n) is 8.72. The lowest BCUT2D eigenvalue weighted by Crippen LogP contribution is -2.06. The minimum absolute atomic E-state index is 0.0470. The van der Waals surface area contributed by atoms with Crippen molar-refractivity contribution in [2.45, 2.75) is 46.0 Å². The number of unbranched alkanes of at least 4 members (excludes halogenated alkanes) is 1. The molecule has 0 fully saturated rings. The van der Waals surface area contributed by atoms with Gasteiger partial charge in [-0.1, -0.05) is 32.4 Å². The molecule has 1 aromatic carbocycles. The number of aromatic nitrogens is 2. The van der Waals surface area contributed by atoms with Gasteiger partial charge in [-0.05, 0) is 43.9 Å². The molecule has 0 aliphatic carbocycles. The summed E-state index contributed by atoms with van der Waals surface area (Å²) in [5.74, 6) is 1.52. The van der Waals surface area contributed by atoms with Crippen molar-refractivity contribution in [2.75, 3.05) is 6.61 Å². The Hall–Kier alpha value is -2.41. The Labute approximate surface area is 144 Å². The third kappa shape index (κ3) is 5.06. The summed E-state index contributed by atoms with van der Waals surface area (Å²) in [4.78, 5) is 9.08. The molecule has 1 atom stereocenters. The number of aryl methyl sites for hydroxylation is 1. The second-order valence-corrected chi connectivity index (χ2v) is 5.84. The van der Waals surface area contributed by atoms with Crippen molar-refractivity contribution in [2.24, 2.45) is 5.92 Å². The Morgan fingerprint density at radius 3 is 2.79 bits per heavy atom. The second kappa shape index (κ2) is 9.67. The predicted octanol–water partition coefficient (Wildman–Crippen LogP) is 4.80. The van der Waals surface area contributed by atoms with E-state index in [1.54, 1.807) is 0 Å². The molecule has 1 heterocycles. The van der Waals surface area contributed by atoms with Crippen LogP contribution in [0.5, 0.6) is 5.75 Å². The van der Waals surface area contributed by atoms with Gasteiger partial charge < -0.3 is 4.74 Å². The quantitative estimate of drug-likeness (QED) is 0.665. The van der Waals surface area contributed by atoms with Crippen LogP contribution in [0.3, 0.4) is 0 Å². The van der Waals surface area contributed by atoms with Gasteiger partial charge in [0.1, 0.15) is 5.75 Å². The third-order valence-corrected chi connectivity index (χ3v) is 4.03. The molecule has 0 aliphatic rings. The SMILES string of the molecule is CCCCc1ccnc(-c2ccccc2OCCC(C#N)CC)n1. The molecule has 0 spiro atoms. The van der Waals surface area contributed by atoms with Gasteiger partial charge in [-0.2, -0.15) is 5.26 Å². The molecule has 24 heavy (non-hydrogen) atoms. The number of para-hydroxylation sites is 1. The van der Waals surface area contributed by atoms with Crippen LogP contribution in [-0.2, 0) is 6.42 Å². The summed E-state index contributed by atoms with van der Waals surface area (Å²) in [6.45, 7) is 4.73. The zero-order chi connectivity index (χ0) is 17.2. The Balaban J connectivity index is 2.12. The molecule has 0 N–H and O–H groups in total. The predicted molar refractivity (Wildman–Crippen MR) is 95.6 cm³/mol. The fourth-order valence-electron chi connectivity index (χ4n) is 2.47. The minimum Gasteiger partial charge on any atom is -0.493 e. The molecule has 4 heteroatoms. The maximum atomic E-state index is 9.03. The van der Waals surface area contributed by atoms with Gasteiger partial charge in [-0.3, -0.25) is 0 Å². The van der Waals surface area contributed by atoms with Crippen LogP contribution in [0.2, 0.25) is 0 Å². The van der Waals surface area contributed by atoms with Gasteiger partial charge in [0.15, 0.2) is 5.82 Å². The van der Waals surface area contributed by atoms with E-state index >= 15 is 0 Å². The smallest absolute Gasteiger partial charge is 0.163 e. The summed E-state index contributed by atoms with van der Waals surface area (Å²) >= 11 is 0. The highest BCUT2D eigenvalue weighted by molar-refractivity contribution is 5.63. The lowest BCUT2D eigenvalue weighted by molar-refractivity contribution is 0.292. The summed E-state index contributed by atoms with van der Waals surface area (Å²) in [5, 5.41) is 9.03. The fourth-order valence-corrected chi connectivity index (χ4v) is 2.47. The number of ether oxygens (including phenoxy) is 1. The highest BCUT2D eigenvalue weighted by Gasteiger charge is 2.11. The summed E-state index contributed by atoms with van der Waals surface area (Å²) in [7, 11) is 0. The maximum Gasteiger partial charge on any atom is 0.163 e. The summed E-state index contributed by atoms with van der Waals surface area (Å²) in [6, 6.07) is 12.1. The van der Waals surface area contributed by atoms with Crippen molar-refractivity contribution in [1.29, 1.82) is 5.26 Å². The summed E-state index contributed by atoms with van der Waals surface area (Å²) < 4.78 is 5.92. The monoisotopic (exact) mass is 323 g/mol. The average Bonchev–Trinajstić information content (AvgIpc) is 2.64. The van der Waals surface area contributed by atoms with Gasteiger partial charge in [0.25, 0.3) is 0 Å². The Morgan fingerprint density at radius 2 is 2.04 bits per heavy atom.